The van der Waals surface area contributed by atoms with E-state index in [1.165, 1.54) is 17.5 Å². The molecule has 1 atom stereocenters. The molecule has 0 bridgehead atoms. The van der Waals surface area contributed by atoms with Crippen LogP contribution in [0.25, 0.3) is 5.65 Å². The van der Waals surface area contributed by atoms with Crippen LogP contribution in [0, 0.1) is 0 Å². The highest BCUT2D eigenvalue weighted by molar-refractivity contribution is 6.30. The van der Waals surface area contributed by atoms with Crippen molar-refractivity contribution in [2.24, 2.45) is 0 Å². The number of aromatic nitrogens is 2. The third kappa shape index (κ3) is 2.43. The van der Waals surface area contributed by atoms with Crippen molar-refractivity contribution in [1.82, 2.24) is 14.7 Å². The second-order valence-corrected chi connectivity index (χ2v) is 5.95. The second kappa shape index (κ2) is 5.17. The number of hydrogen-bond donors (Lipinski definition) is 1. The summed E-state index contributed by atoms with van der Waals surface area (Å²) in [6.07, 6.45) is 6.25. The van der Waals surface area contributed by atoms with Crippen LogP contribution in [0.15, 0.2) is 48.8 Å². The summed E-state index contributed by atoms with van der Waals surface area (Å²) in [5, 5.41) is 4.35. The molecular formula is C17H16ClN3. The molecule has 4 rings (SSSR count). The van der Waals surface area contributed by atoms with Crippen molar-refractivity contribution in [3.8, 4) is 0 Å². The average molecular weight is 298 g/mol. The van der Waals surface area contributed by atoms with Gasteiger partial charge >= 0.3 is 0 Å². The fourth-order valence-corrected chi connectivity index (χ4v) is 3.27. The van der Waals surface area contributed by atoms with Crippen LogP contribution in [-0.4, -0.2) is 9.38 Å². The summed E-state index contributed by atoms with van der Waals surface area (Å²) in [5.74, 6) is 0. The predicted molar refractivity (Wildman–Crippen MR) is 84.5 cm³/mol. The van der Waals surface area contributed by atoms with Gasteiger partial charge in [-0.1, -0.05) is 35.9 Å². The first kappa shape index (κ1) is 12.9. The maximum atomic E-state index is 6.00. The topological polar surface area (TPSA) is 29.3 Å². The van der Waals surface area contributed by atoms with Gasteiger partial charge < -0.3 is 9.72 Å². The normalized spacial score (nSPS) is 17.3. The lowest BCUT2D eigenvalue weighted by Gasteiger charge is -2.12. The molecule has 0 saturated heterocycles. The molecule has 21 heavy (non-hydrogen) atoms. The van der Waals surface area contributed by atoms with Gasteiger partial charge in [-0.25, -0.2) is 4.98 Å². The van der Waals surface area contributed by atoms with E-state index in [0.29, 0.717) is 6.04 Å². The zero-order valence-corrected chi connectivity index (χ0v) is 12.3. The summed E-state index contributed by atoms with van der Waals surface area (Å²) in [5.41, 5.74) is 4.88. The van der Waals surface area contributed by atoms with Crippen LogP contribution >= 0.6 is 11.6 Å². The van der Waals surface area contributed by atoms with Crippen molar-refractivity contribution in [1.29, 1.82) is 0 Å². The van der Waals surface area contributed by atoms with E-state index in [9.17, 15) is 0 Å². The smallest absolute Gasteiger partial charge is 0.137 e. The largest absolute Gasteiger partial charge is 0.305 e. The molecule has 4 heteroatoms. The molecule has 1 aliphatic carbocycles. The minimum atomic E-state index is 0.439. The number of imidazole rings is 1. The minimum absolute atomic E-state index is 0.439. The molecule has 0 amide bonds. The highest BCUT2D eigenvalue weighted by Crippen LogP contribution is 2.30. The molecule has 1 unspecified atom stereocenters. The van der Waals surface area contributed by atoms with E-state index in [-0.39, 0.29) is 0 Å². The van der Waals surface area contributed by atoms with Gasteiger partial charge in [-0.2, -0.15) is 0 Å². The number of fused-ring (bicyclic) bond motifs is 2. The van der Waals surface area contributed by atoms with Crippen molar-refractivity contribution in [2.45, 2.75) is 25.4 Å². The molecule has 2 heterocycles. The Bertz CT molecular complexity index is 794. The highest BCUT2D eigenvalue weighted by Gasteiger charge is 2.21. The van der Waals surface area contributed by atoms with E-state index in [2.05, 4.69) is 34.6 Å². The zero-order chi connectivity index (χ0) is 14.2. The molecule has 0 spiro atoms. The number of aryl methyl sites for hydroxylation is 1. The first-order valence-electron chi connectivity index (χ1n) is 7.24. The molecule has 1 aliphatic rings. The van der Waals surface area contributed by atoms with E-state index in [0.717, 1.165) is 29.3 Å². The summed E-state index contributed by atoms with van der Waals surface area (Å²) in [6.45, 7) is 0.776. The number of pyridine rings is 1. The predicted octanol–water partition coefficient (Wildman–Crippen LogP) is 3.76. The first-order valence-corrected chi connectivity index (χ1v) is 7.62. The van der Waals surface area contributed by atoms with Gasteiger partial charge in [0.25, 0.3) is 0 Å². The Morgan fingerprint density at radius 1 is 1.19 bits per heavy atom. The number of nitrogens with zero attached hydrogens (tertiary/aromatic N) is 2. The molecule has 0 saturated carbocycles. The van der Waals surface area contributed by atoms with E-state index in [1.54, 1.807) is 0 Å². The maximum absolute atomic E-state index is 6.00. The summed E-state index contributed by atoms with van der Waals surface area (Å²) < 4.78 is 1.97. The van der Waals surface area contributed by atoms with E-state index >= 15 is 0 Å². The van der Waals surface area contributed by atoms with Crippen LogP contribution in [0.1, 0.15) is 29.3 Å². The number of halogens is 1. The lowest BCUT2D eigenvalue weighted by molar-refractivity contribution is 0.526. The first-order chi connectivity index (χ1) is 10.3. The Labute approximate surface area is 128 Å². The molecule has 1 aromatic carbocycles. The van der Waals surface area contributed by atoms with Gasteiger partial charge in [0.1, 0.15) is 5.65 Å². The van der Waals surface area contributed by atoms with E-state index < -0.39 is 0 Å². The summed E-state index contributed by atoms with van der Waals surface area (Å²) in [7, 11) is 0. The van der Waals surface area contributed by atoms with Crippen LogP contribution in [-0.2, 0) is 13.0 Å². The van der Waals surface area contributed by atoms with E-state index in [4.69, 9.17) is 11.6 Å². The zero-order valence-electron chi connectivity index (χ0n) is 11.6. The molecular weight excluding hydrogens is 282 g/mol. The second-order valence-electron chi connectivity index (χ2n) is 5.52. The van der Waals surface area contributed by atoms with Gasteiger partial charge in [0, 0.05) is 25.0 Å². The Balaban J connectivity index is 1.51. The lowest BCUT2D eigenvalue weighted by atomic mass is 10.1. The van der Waals surface area contributed by atoms with Crippen molar-refractivity contribution in [3.63, 3.8) is 0 Å². The third-order valence-electron chi connectivity index (χ3n) is 4.13. The maximum Gasteiger partial charge on any atom is 0.137 e. The van der Waals surface area contributed by atoms with Crippen molar-refractivity contribution in [2.75, 3.05) is 0 Å². The minimum Gasteiger partial charge on any atom is -0.305 e. The van der Waals surface area contributed by atoms with Crippen molar-refractivity contribution >= 4 is 17.2 Å². The number of benzene rings is 1. The average Bonchev–Trinajstić information content (AvgIpc) is 3.08. The van der Waals surface area contributed by atoms with Crippen molar-refractivity contribution < 1.29 is 0 Å². The van der Waals surface area contributed by atoms with E-state index in [1.807, 2.05) is 28.9 Å². The summed E-state index contributed by atoms with van der Waals surface area (Å²) in [6, 6.07) is 12.9. The lowest BCUT2D eigenvalue weighted by Crippen LogP contribution is -2.18. The molecule has 1 N–H and O–H groups in total. The number of nitrogens with one attached hydrogen (secondary N) is 1. The van der Waals surface area contributed by atoms with Crippen molar-refractivity contribution in [3.05, 3.63) is 70.6 Å². The highest BCUT2D eigenvalue weighted by atomic mass is 35.5. The Kier molecular flexibility index (Phi) is 3.17. The van der Waals surface area contributed by atoms with Crippen LogP contribution in [0.5, 0.6) is 0 Å². The molecule has 3 aromatic rings. The van der Waals surface area contributed by atoms with Crippen LogP contribution in [0.3, 0.4) is 0 Å². The molecule has 106 valence electrons. The Morgan fingerprint density at radius 2 is 2.10 bits per heavy atom. The van der Waals surface area contributed by atoms with Gasteiger partial charge in [-0.15, -0.1) is 0 Å². The fraction of sp³-hybridized carbons (Fsp3) is 0.235. The Morgan fingerprint density at radius 3 is 3.05 bits per heavy atom. The summed E-state index contributed by atoms with van der Waals surface area (Å²) in [4.78, 5) is 4.61. The molecule has 0 aliphatic heterocycles. The molecule has 2 aromatic heterocycles. The molecule has 3 nitrogen and oxygen atoms in total. The summed E-state index contributed by atoms with van der Waals surface area (Å²) >= 11 is 6.00. The van der Waals surface area contributed by atoms with Gasteiger partial charge in [0.2, 0.25) is 0 Å². The quantitative estimate of drug-likeness (QED) is 0.797. The van der Waals surface area contributed by atoms with Gasteiger partial charge in [-0.05, 0) is 36.1 Å². The number of rotatable bonds is 3. The monoisotopic (exact) mass is 297 g/mol. The van der Waals surface area contributed by atoms with Gasteiger partial charge in [0.05, 0.1) is 10.7 Å². The van der Waals surface area contributed by atoms with Crippen LogP contribution in [0.2, 0.25) is 5.02 Å². The Hall–Kier alpha value is -1.84. The SMILES string of the molecule is Clc1ccc2nc(CNC3CCc4ccccc43)cn2c1. The fourth-order valence-electron chi connectivity index (χ4n) is 3.10. The standard InChI is InChI=1S/C17H16ClN3/c18-13-6-8-17-20-14(11-21(17)10-13)9-19-16-7-5-12-3-1-2-4-15(12)16/h1-4,6,8,10-11,16,19H,5,7,9H2. The molecule has 0 fully saturated rings. The molecule has 0 radical (unpaired) electrons. The van der Waals surface area contributed by atoms with Crippen LogP contribution in [0.4, 0.5) is 0 Å². The van der Waals surface area contributed by atoms with Gasteiger partial charge in [-0.3, -0.25) is 0 Å². The number of hydrogen-bond acceptors (Lipinski definition) is 2. The third-order valence-corrected chi connectivity index (χ3v) is 4.35. The van der Waals surface area contributed by atoms with Gasteiger partial charge in [0.15, 0.2) is 0 Å². The van der Waals surface area contributed by atoms with Crippen LogP contribution < -0.4 is 5.32 Å².